The number of hydrogen-bond acceptors (Lipinski definition) is 4. The van der Waals surface area contributed by atoms with Gasteiger partial charge in [-0.2, -0.15) is 0 Å². The van der Waals surface area contributed by atoms with E-state index in [1.165, 1.54) is 36.8 Å². The average molecular weight is 355 g/mol. The zero-order valence-electron chi connectivity index (χ0n) is 11.4. The van der Waals surface area contributed by atoms with Gasteiger partial charge in [0.15, 0.2) is 5.13 Å². The van der Waals surface area contributed by atoms with Crippen molar-refractivity contribution in [2.75, 3.05) is 18.5 Å². The van der Waals surface area contributed by atoms with Crippen LogP contribution in [0.5, 0.6) is 0 Å². The number of ether oxygens (including phenoxy) is 1. The molecule has 1 N–H and O–H groups in total. The maximum Gasteiger partial charge on any atom is 0.183 e. The zero-order chi connectivity index (χ0) is 13.8. The second-order valence-electron chi connectivity index (χ2n) is 5.19. The molecule has 2 aromatic rings. The lowest BCUT2D eigenvalue weighted by atomic mass is 9.98. The number of aromatic nitrogens is 1. The molecule has 1 saturated carbocycles. The second kappa shape index (κ2) is 6.87. The van der Waals surface area contributed by atoms with Crippen molar-refractivity contribution in [3.05, 3.63) is 22.7 Å². The number of nitrogens with zero attached hydrogens (tertiary/aromatic N) is 1. The summed E-state index contributed by atoms with van der Waals surface area (Å²) in [7, 11) is 0. The van der Waals surface area contributed by atoms with Crippen LogP contribution in [0.25, 0.3) is 10.2 Å². The largest absolute Gasteiger partial charge is 0.376 e. The van der Waals surface area contributed by atoms with Gasteiger partial charge in [-0.3, -0.25) is 0 Å². The molecule has 5 heteroatoms. The van der Waals surface area contributed by atoms with E-state index in [0.29, 0.717) is 6.10 Å². The van der Waals surface area contributed by atoms with Crippen LogP contribution in [-0.2, 0) is 4.74 Å². The van der Waals surface area contributed by atoms with Gasteiger partial charge < -0.3 is 10.1 Å². The predicted molar refractivity (Wildman–Crippen MR) is 88.6 cm³/mol. The molecule has 1 aliphatic rings. The molecule has 3 nitrogen and oxygen atoms in total. The van der Waals surface area contributed by atoms with Gasteiger partial charge in [-0.15, -0.1) is 0 Å². The quantitative estimate of drug-likeness (QED) is 0.781. The highest BCUT2D eigenvalue weighted by molar-refractivity contribution is 9.10. The fourth-order valence-corrected chi connectivity index (χ4v) is 4.03. The molecule has 0 aliphatic heterocycles. The van der Waals surface area contributed by atoms with Crippen molar-refractivity contribution in [3.63, 3.8) is 0 Å². The number of benzene rings is 1. The van der Waals surface area contributed by atoms with Gasteiger partial charge >= 0.3 is 0 Å². The summed E-state index contributed by atoms with van der Waals surface area (Å²) < 4.78 is 8.21. The average Bonchev–Trinajstić information content (AvgIpc) is 2.86. The van der Waals surface area contributed by atoms with Crippen molar-refractivity contribution in [2.45, 2.75) is 38.2 Å². The van der Waals surface area contributed by atoms with Gasteiger partial charge in [-0.25, -0.2) is 4.98 Å². The molecule has 0 bridgehead atoms. The minimum absolute atomic E-state index is 0.483. The van der Waals surface area contributed by atoms with Gasteiger partial charge in [0.1, 0.15) is 0 Å². The summed E-state index contributed by atoms with van der Waals surface area (Å²) >= 11 is 5.18. The lowest BCUT2D eigenvalue weighted by Gasteiger charge is -2.21. The van der Waals surface area contributed by atoms with Crippen LogP contribution >= 0.6 is 27.3 Å². The molecule has 1 heterocycles. The van der Waals surface area contributed by atoms with Crippen LogP contribution in [-0.4, -0.2) is 24.2 Å². The number of rotatable bonds is 5. The molecule has 20 heavy (non-hydrogen) atoms. The summed E-state index contributed by atoms with van der Waals surface area (Å²) in [5.74, 6) is 0. The molecule has 0 saturated heterocycles. The van der Waals surface area contributed by atoms with E-state index in [1.54, 1.807) is 11.3 Å². The summed E-state index contributed by atoms with van der Waals surface area (Å²) in [4.78, 5) is 4.57. The van der Waals surface area contributed by atoms with Gasteiger partial charge in [-0.1, -0.05) is 46.5 Å². The van der Waals surface area contributed by atoms with Gasteiger partial charge in [-0.05, 0) is 31.0 Å². The van der Waals surface area contributed by atoms with E-state index in [2.05, 4.69) is 32.3 Å². The highest BCUT2D eigenvalue weighted by Gasteiger charge is 2.13. The minimum Gasteiger partial charge on any atom is -0.376 e. The van der Waals surface area contributed by atoms with Crippen molar-refractivity contribution < 1.29 is 4.74 Å². The summed E-state index contributed by atoms with van der Waals surface area (Å²) in [6, 6.07) is 6.17. The number of thiazole rings is 1. The first-order chi connectivity index (χ1) is 9.81. The lowest BCUT2D eigenvalue weighted by molar-refractivity contribution is 0.0347. The molecule has 108 valence electrons. The Hall–Kier alpha value is -0.650. The van der Waals surface area contributed by atoms with E-state index in [4.69, 9.17) is 4.74 Å². The van der Waals surface area contributed by atoms with E-state index < -0.39 is 0 Å². The van der Waals surface area contributed by atoms with Crippen molar-refractivity contribution in [1.29, 1.82) is 0 Å². The third-order valence-corrected chi connectivity index (χ3v) is 5.10. The fourth-order valence-electron chi connectivity index (χ4n) is 2.59. The van der Waals surface area contributed by atoms with Gasteiger partial charge in [0.25, 0.3) is 0 Å². The highest BCUT2D eigenvalue weighted by Crippen LogP contribution is 2.28. The SMILES string of the molecule is Brc1ccc2nc(NCCOC3CCCCC3)sc2c1. The summed E-state index contributed by atoms with van der Waals surface area (Å²) in [5, 5.41) is 4.34. The molecule has 0 atom stereocenters. The summed E-state index contributed by atoms with van der Waals surface area (Å²) in [6.45, 7) is 1.60. The van der Waals surface area contributed by atoms with Crippen LogP contribution in [0.2, 0.25) is 0 Å². The molecular weight excluding hydrogens is 336 g/mol. The Balaban J connectivity index is 1.47. The smallest absolute Gasteiger partial charge is 0.183 e. The Morgan fingerprint density at radius 1 is 1.30 bits per heavy atom. The first kappa shape index (κ1) is 14.3. The fraction of sp³-hybridized carbons (Fsp3) is 0.533. The number of hydrogen-bond donors (Lipinski definition) is 1. The maximum absolute atomic E-state index is 5.90. The molecule has 1 aliphatic carbocycles. The van der Waals surface area contributed by atoms with Crippen molar-refractivity contribution in [1.82, 2.24) is 4.98 Å². The molecule has 1 fully saturated rings. The maximum atomic E-state index is 5.90. The molecule has 0 radical (unpaired) electrons. The molecule has 1 aromatic heterocycles. The molecule has 0 unspecified atom stereocenters. The predicted octanol–water partition coefficient (Wildman–Crippen LogP) is 4.82. The topological polar surface area (TPSA) is 34.2 Å². The van der Waals surface area contributed by atoms with Crippen LogP contribution in [0.3, 0.4) is 0 Å². The van der Waals surface area contributed by atoms with Crippen molar-refractivity contribution in [3.8, 4) is 0 Å². The van der Waals surface area contributed by atoms with E-state index in [9.17, 15) is 0 Å². The van der Waals surface area contributed by atoms with Gasteiger partial charge in [0.2, 0.25) is 0 Å². The van der Waals surface area contributed by atoms with Crippen LogP contribution in [0.1, 0.15) is 32.1 Å². The monoisotopic (exact) mass is 354 g/mol. The van der Waals surface area contributed by atoms with E-state index >= 15 is 0 Å². The normalized spacial score (nSPS) is 16.6. The Labute approximate surface area is 131 Å². The number of anilines is 1. The Bertz CT molecular complexity index is 566. The van der Waals surface area contributed by atoms with Crippen LogP contribution in [0.15, 0.2) is 22.7 Å². The molecule has 3 rings (SSSR count). The Morgan fingerprint density at radius 3 is 3.00 bits per heavy atom. The molecule has 0 spiro atoms. The summed E-state index contributed by atoms with van der Waals surface area (Å²) in [6.07, 6.45) is 6.97. The van der Waals surface area contributed by atoms with Crippen molar-refractivity contribution >= 4 is 42.6 Å². The van der Waals surface area contributed by atoms with Crippen LogP contribution in [0.4, 0.5) is 5.13 Å². The number of fused-ring (bicyclic) bond motifs is 1. The Kier molecular flexibility index (Phi) is 4.91. The van der Waals surface area contributed by atoms with Crippen molar-refractivity contribution in [2.24, 2.45) is 0 Å². The highest BCUT2D eigenvalue weighted by atomic mass is 79.9. The molecule has 0 amide bonds. The third kappa shape index (κ3) is 3.71. The standard InChI is InChI=1S/C15H19BrN2OS/c16-11-6-7-13-14(10-11)20-15(18-13)17-8-9-19-12-4-2-1-3-5-12/h6-7,10,12H,1-5,8-9H2,(H,17,18). The van der Waals surface area contributed by atoms with Gasteiger partial charge in [0.05, 0.1) is 22.9 Å². The summed E-state index contributed by atoms with van der Waals surface area (Å²) in [5.41, 5.74) is 1.05. The number of halogens is 1. The van der Waals surface area contributed by atoms with E-state index in [1.807, 2.05) is 12.1 Å². The molecular formula is C15H19BrN2OS. The first-order valence-corrected chi connectivity index (χ1v) is 8.84. The minimum atomic E-state index is 0.483. The Morgan fingerprint density at radius 2 is 2.15 bits per heavy atom. The van der Waals surface area contributed by atoms with E-state index in [0.717, 1.165) is 28.3 Å². The van der Waals surface area contributed by atoms with Crippen LogP contribution in [0, 0.1) is 0 Å². The lowest BCUT2D eigenvalue weighted by Crippen LogP contribution is -2.20. The van der Waals surface area contributed by atoms with Crippen LogP contribution < -0.4 is 5.32 Å². The van der Waals surface area contributed by atoms with Gasteiger partial charge in [0, 0.05) is 11.0 Å². The zero-order valence-corrected chi connectivity index (χ0v) is 13.8. The van der Waals surface area contributed by atoms with E-state index in [-0.39, 0.29) is 0 Å². The number of nitrogens with one attached hydrogen (secondary N) is 1. The molecule has 1 aromatic carbocycles. The first-order valence-electron chi connectivity index (χ1n) is 7.23. The third-order valence-electron chi connectivity index (χ3n) is 3.63. The second-order valence-corrected chi connectivity index (χ2v) is 7.13.